The topological polar surface area (TPSA) is 104 Å². The van der Waals surface area contributed by atoms with Crippen LogP contribution in [0.15, 0.2) is 18.2 Å². The van der Waals surface area contributed by atoms with Crippen LogP contribution in [0.25, 0.3) is 0 Å². The van der Waals surface area contributed by atoms with Crippen LogP contribution < -0.4 is 5.32 Å². The molecule has 5 amide bonds. The first kappa shape index (κ1) is 21.8. The van der Waals surface area contributed by atoms with Gasteiger partial charge in [0.05, 0.1) is 11.1 Å². The van der Waals surface area contributed by atoms with E-state index in [4.69, 9.17) is 0 Å². The average Bonchev–Trinajstić information content (AvgIpc) is 3.02. The quantitative estimate of drug-likeness (QED) is 0.690. The van der Waals surface area contributed by atoms with Gasteiger partial charge in [0.2, 0.25) is 17.7 Å². The summed E-state index contributed by atoms with van der Waals surface area (Å²) in [4.78, 5) is 65.5. The van der Waals surface area contributed by atoms with Crippen molar-refractivity contribution in [2.45, 2.75) is 63.8 Å². The number of rotatable bonds is 5. The molecule has 1 saturated carbocycles. The first-order valence-corrected chi connectivity index (χ1v) is 12.1. The standard InChI is InChI=1S/C25H29N3O5/c29-20-10-9-19(22(30)26-20)28-24(32)18-6-2-3-16(21(18)25(28)33)8-7-15-11-13-27(14-12-15)23(31)17-4-1-5-17/h2-3,6,15,17,19H,1,4-5,7-14H2,(H,26,29,30). The molecular formula is C25H29N3O5. The third-order valence-corrected chi connectivity index (χ3v) is 7.76. The van der Waals surface area contributed by atoms with Crippen LogP contribution in [0.5, 0.6) is 0 Å². The van der Waals surface area contributed by atoms with Crippen molar-refractivity contribution in [2.75, 3.05) is 13.1 Å². The fourth-order valence-electron chi connectivity index (χ4n) is 5.51. The SMILES string of the molecule is O=C1CCC(N2C(=O)c3cccc(CCC4CCN(C(=O)C5CCC5)CC4)c3C2=O)C(=O)N1. The molecule has 1 N–H and O–H groups in total. The molecule has 1 aromatic carbocycles. The Morgan fingerprint density at radius 1 is 0.970 bits per heavy atom. The van der Waals surface area contributed by atoms with Crippen molar-refractivity contribution in [3.8, 4) is 0 Å². The lowest BCUT2D eigenvalue weighted by atomic mass is 9.83. The molecule has 0 bridgehead atoms. The number of likely N-dealkylation sites (tertiary alicyclic amines) is 1. The Bertz CT molecular complexity index is 1020. The van der Waals surface area contributed by atoms with E-state index in [1.54, 1.807) is 12.1 Å². The van der Waals surface area contributed by atoms with Gasteiger partial charge >= 0.3 is 0 Å². The number of carbonyl (C=O) groups excluding carboxylic acids is 5. The van der Waals surface area contributed by atoms with Crippen LogP contribution >= 0.6 is 0 Å². The number of hydrogen-bond donors (Lipinski definition) is 1. The molecule has 8 heteroatoms. The number of carbonyl (C=O) groups is 5. The molecule has 0 radical (unpaired) electrons. The maximum atomic E-state index is 13.2. The first-order valence-electron chi connectivity index (χ1n) is 12.1. The van der Waals surface area contributed by atoms with Crippen molar-refractivity contribution >= 4 is 29.5 Å². The molecule has 1 aromatic rings. The van der Waals surface area contributed by atoms with Crippen molar-refractivity contribution in [1.82, 2.24) is 15.1 Å². The molecule has 1 aliphatic carbocycles. The fraction of sp³-hybridized carbons (Fsp3) is 0.560. The second-order valence-corrected chi connectivity index (χ2v) is 9.72. The number of benzene rings is 1. The Morgan fingerprint density at radius 3 is 2.39 bits per heavy atom. The minimum atomic E-state index is -0.944. The summed E-state index contributed by atoms with van der Waals surface area (Å²) in [7, 11) is 0. The van der Waals surface area contributed by atoms with Gasteiger partial charge in [0.15, 0.2) is 0 Å². The van der Waals surface area contributed by atoms with Gasteiger partial charge in [-0.15, -0.1) is 0 Å². The van der Waals surface area contributed by atoms with Crippen LogP contribution in [-0.4, -0.2) is 58.5 Å². The number of hydrogen-bond acceptors (Lipinski definition) is 5. The Hall–Kier alpha value is -3.03. The Morgan fingerprint density at radius 2 is 1.73 bits per heavy atom. The van der Waals surface area contributed by atoms with Crippen molar-refractivity contribution in [2.24, 2.45) is 11.8 Å². The van der Waals surface area contributed by atoms with Crippen LogP contribution in [0.2, 0.25) is 0 Å². The summed E-state index contributed by atoms with van der Waals surface area (Å²) in [5.74, 6) is -0.845. The van der Waals surface area contributed by atoms with Gasteiger partial charge in [-0.1, -0.05) is 18.6 Å². The van der Waals surface area contributed by atoms with E-state index >= 15 is 0 Å². The number of nitrogens with one attached hydrogen (secondary N) is 1. The highest BCUT2D eigenvalue weighted by atomic mass is 16.2. The third kappa shape index (κ3) is 3.96. The predicted molar refractivity (Wildman–Crippen MR) is 118 cm³/mol. The minimum absolute atomic E-state index is 0.110. The molecule has 3 fully saturated rings. The molecule has 2 saturated heterocycles. The summed E-state index contributed by atoms with van der Waals surface area (Å²) in [6, 6.07) is 4.36. The van der Waals surface area contributed by atoms with Crippen molar-refractivity contribution < 1.29 is 24.0 Å². The normalized spacial score (nSPS) is 24.1. The van der Waals surface area contributed by atoms with E-state index in [1.807, 2.05) is 11.0 Å². The lowest BCUT2D eigenvalue weighted by molar-refractivity contribution is -0.139. The van der Waals surface area contributed by atoms with Crippen LogP contribution in [0.1, 0.15) is 77.6 Å². The number of amides is 5. The summed E-state index contributed by atoms with van der Waals surface area (Å²) in [5.41, 5.74) is 1.56. The maximum Gasteiger partial charge on any atom is 0.262 e. The van der Waals surface area contributed by atoms with E-state index < -0.39 is 23.8 Å². The zero-order chi connectivity index (χ0) is 23.1. The number of aryl methyl sites for hydroxylation is 1. The lowest BCUT2D eigenvalue weighted by Crippen LogP contribution is -2.54. The van der Waals surface area contributed by atoms with E-state index in [2.05, 4.69) is 5.32 Å². The zero-order valence-corrected chi connectivity index (χ0v) is 18.7. The summed E-state index contributed by atoms with van der Waals surface area (Å²) in [6.45, 7) is 1.60. The third-order valence-electron chi connectivity index (χ3n) is 7.76. The van der Waals surface area contributed by atoms with E-state index in [0.717, 1.165) is 62.1 Å². The maximum absolute atomic E-state index is 13.2. The van der Waals surface area contributed by atoms with Gasteiger partial charge in [0.25, 0.3) is 11.8 Å². The molecule has 33 heavy (non-hydrogen) atoms. The molecule has 0 aromatic heterocycles. The van der Waals surface area contributed by atoms with E-state index in [-0.39, 0.29) is 24.7 Å². The second-order valence-electron chi connectivity index (χ2n) is 9.72. The average molecular weight is 452 g/mol. The summed E-state index contributed by atoms with van der Waals surface area (Å²) in [5, 5.41) is 2.23. The summed E-state index contributed by atoms with van der Waals surface area (Å²) in [6.07, 6.45) is 6.97. The highest BCUT2D eigenvalue weighted by molar-refractivity contribution is 6.24. The molecule has 174 valence electrons. The molecule has 1 unspecified atom stereocenters. The van der Waals surface area contributed by atoms with Crippen LogP contribution in [0.4, 0.5) is 0 Å². The molecule has 3 aliphatic heterocycles. The van der Waals surface area contributed by atoms with Gasteiger partial charge < -0.3 is 4.90 Å². The Kier molecular flexibility index (Phi) is 5.76. The molecule has 3 heterocycles. The monoisotopic (exact) mass is 451 g/mol. The number of piperidine rings is 2. The van der Waals surface area contributed by atoms with Gasteiger partial charge in [0, 0.05) is 25.4 Å². The predicted octanol–water partition coefficient (Wildman–Crippen LogP) is 2.06. The second kappa shape index (κ2) is 8.72. The van der Waals surface area contributed by atoms with Gasteiger partial charge in [0.1, 0.15) is 6.04 Å². The van der Waals surface area contributed by atoms with E-state index in [0.29, 0.717) is 29.4 Å². The van der Waals surface area contributed by atoms with Crippen molar-refractivity contribution in [3.05, 3.63) is 34.9 Å². The Labute approximate surface area is 192 Å². The summed E-state index contributed by atoms with van der Waals surface area (Å²) >= 11 is 0. The Balaban J connectivity index is 1.23. The molecule has 8 nitrogen and oxygen atoms in total. The van der Waals surface area contributed by atoms with Crippen LogP contribution in [0, 0.1) is 11.8 Å². The fourth-order valence-corrected chi connectivity index (χ4v) is 5.51. The smallest absolute Gasteiger partial charge is 0.262 e. The highest BCUT2D eigenvalue weighted by Crippen LogP contribution is 2.33. The molecular weight excluding hydrogens is 422 g/mol. The minimum Gasteiger partial charge on any atom is -0.342 e. The van der Waals surface area contributed by atoms with Crippen LogP contribution in [0.3, 0.4) is 0 Å². The summed E-state index contributed by atoms with van der Waals surface area (Å²) < 4.78 is 0. The van der Waals surface area contributed by atoms with Gasteiger partial charge in [-0.25, -0.2) is 0 Å². The lowest BCUT2D eigenvalue weighted by Gasteiger charge is -2.36. The molecule has 0 spiro atoms. The number of imide groups is 2. The number of nitrogens with zero attached hydrogens (tertiary/aromatic N) is 2. The van der Waals surface area contributed by atoms with Crippen molar-refractivity contribution in [3.63, 3.8) is 0 Å². The molecule has 4 aliphatic rings. The van der Waals surface area contributed by atoms with Crippen LogP contribution in [-0.2, 0) is 20.8 Å². The van der Waals surface area contributed by atoms with Crippen molar-refractivity contribution in [1.29, 1.82) is 0 Å². The zero-order valence-electron chi connectivity index (χ0n) is 18.7. The van der Waals surface area contributed by atoms with E-state index in [1.165, 1.54) is 0 Å². The largest absolute Gasteiger partial charge is 0.342 e. The number of fused-ring (bicyclic) bond motifs is 1. The highest BCUT2D eigenvalue weighted by Gasteiger charge is 2.45. The first-order chi connectivity index (χ1) is 15.9. The molecule has 5 rings (SSSR count). The van der Waals surface area contributed by atoms with E-state index in [9.17, 15) is 24.0 Å². The van der Waals surface area contributed by atoms with Gasteiger partial charge in [-0.05, 0) is 62.5 Å². The van der Waals surface area contributed by atoms with Gasteiger partial charge in [-0.2, -0.15) is 0 Å². The molecule has 1 atom stereocenters. The van der Waals surface area contributed by atoms with Gasteiger partial charge in [-0.3, -0.25) is 34.2 Å².